The van der Waals surface area contributed by atoms with E-state index in [4.69, 9.17) is 0 Å². The van der Waals surface area contributed by atoms with Crippen molar-refractivity contribution in [2.45, 2.75) is 43.9 Å². The van der Waals surface area contributed by atoms with Crippen LogP contribution in [0.3, 0.4) is 0 Å². The number of amides is 1. The maximum absolute atomic E-state index is 12.6. The number of nitrogens with zero attached hydrogens (tertiary/aromatic N) is 1. The van der Waals surface area contributed by atoms with E-state index in [2.05, 4.69) is 5.32 Å². The molecular formula is C16H24N2O3S. The summed E-state index contributed by atoms with van der Waals surface area (Å²) in [6.45, 7) is 3.77. The van der Waals surface area contributed by atoms with Gasteiger partial charge in [-0.3, -0.25) is 4.79 Å². The molecule has 1 saturated heterocycles. The molecule has 1 fully saturated rings. The van der Waals surface area contributed by atoms with Gasteiger partial charge in [0.15, 0.2) is 0 Å². The fraction of sp³-hybridized carbons (Fsp3) is 0.562. The Balaban J connectivity index is 2.13. The minimum Gasteiger partial charge on any atom is -0.352 e. The van der Waals surface area contributed by atoms with Gasteiger partial charge in [-0.15, -0.1) is 0 Å². The monoisotopic (exact) mass is 324 g/mol. The van der Waals surface area contributed by atoms with E-state index in [1.54, 1.807) is 16.4 Å². The first kappa shape index (κ1) is 17.0. The van der Waals surface area contributed by atoms with Crippen LogP contribution in [0.5, 0.6) is 0 Å². The van der Waals surface area contributed by atoms with Crippen molar-refractivity contribution in [1.29, 1.82) is 0 Å². The van der Waals surface area contributed by atoms with Crippen LogP contribution in [0.4, 0.5) is 0 Å². The highest BCUT2D eigenvalue weighted by Crippen LogP contribution is 2.20. The van der Waals surface area contributed by atoms with Gasteiger partial charge < -0.3 is 5.32 Å². The maximum Gasteiger partial charge on any atom is 0.251 e. The highest BCUT2D eigenvalue weighted by Gasteiger charge is 2.25. The first-order valence-corrected chi connectivity index (χ1v) is 9.38. The molecule has 1 aliphatic heterocycles. The molecule has 1 heterocycles. The van der Waals surface area contributed by atoms with E-state index in [1.807, 2.05) is 6.92 Å². The number of carbonyl (C=O) groups excluding carboxylic acids is 1. The van der Waals surface area contributed by atoms with Gasteiger partial charge in [-0.1, -0.05) is 19.8 Å². The molecule has 0 bridgehead atoms. The Bertz CT molecular complexity index is 588. The zero-order chi connectivity index (χ0) is 16.0. The van der Waals surface area contributed by atoms with Crippen molar-refractivity contribution >= 4 is 15.9 Å². The lowest BCUT2D eigenvalue weighted by molar-refractivity contribution is 0.0953. The fourth-order valence-corrected chi connectivity index (χ4v) is 4.07. The summed E-state index contributed by atoms with van der Waals surface area (Å²) in [5.74, 6) is -0.166. The molecule has 1 aromatic rings. The normalized spacial score (nSPS) is 17.0. The highest BCUT2D eigenvalue weighted by atomic mass is 32.2. The number of carbonyl (C=O) groups is 1. The van der Waals surface area contributed by atoms with Gasteiger partial charge in [0.1, 0.15) is 0 Å². The average molecular weight is 324 g/mol. The molecule has 0 saturated carbocycles. The number of rotatable bonds is 5. The van der Waals surface area contributed by atoms with Gasteiger partial charge in [0.05, 0.1) is 4.90 Å². The second-order valence-electron chi connectivity index (χ2n) is 5.60. The van der Waals surface area contributed by atoms with Crippen LogP contribution in [0.25, 0.3) is 0 Å². The van der Waals surface area contributed by atoms with Crippen LogP contribution < -0.4 is 5.32 Å². The molecule has 1 N–H and O–H groups in total. The molecule has 122 valence electrons. The first-order chi connectivity index (χ1) is 10.6. The third-order valence-corrected chi connectivity index (χ3v) is 5.77. The molecule has 22 heavy (non-hydrogen) atoms. The van der Waals surface area contributed by atoms with Crippen LogP contribution >= 0.6 is 0 Å². The van der Waals surface area contributed by atoms with Crippen molar-refractivity contribution in [3.63, 3.8) is 0 Å². The number of hydrogen-bond donors (Lipinski definition) is 1. The molecule has 6 heteroatoms. The Hall–Kier alpha value is -1.40. The molecule has 0 unspecified atom stereocenters. The van der Waals surface area contributed by atoms with Gasteiger partial charge in [0.2, 0.25) is 10.0 Å². The number of sulfonamides is 1. The van der Waals surface area contributed by atoms with E-state index in [0.717, 1.165) is 32.1 Å². The van der Waals surface area contributed by atoms with E-state index in [1.165, 1.54) is 12.1 Å². The molecule has 5 nitrogen and oxygen atoms in total. The van der Waals surface area contributed by atoms with Crippen molar-refractivity contribution in [3.05, 3.63) is 29.8 Å². The van der Waals surface area contributed by atoms with Crippen molar-refractivity contribution in [2.75, 3.05) is 19.6 Å². The summed E-state index contributed by atoms with van der Waals surface area (Å²) in [6, 6.07) is 6.22. The quantitative estimate of drug-likeness (QED) is 0.904. The predicted molar refractivity (Wildman–Crippen MR) is 86.3 cm³/mol. The summed E-state index contributed by atoms with van der Waals surface area (Å²) in [5, 5.41) is 2.78. The summed E-state index contributed by atoms with van der Waals surface area (Å²) < 4.78 is 26.8. The second kappa shape index (κ2) is 7.74. The van der Waals surface area contributed by atoms with E-state index < -0.39 is 10.0 Å². The van der Waals surface area contributed by atoms with Crippen LogP contribution in [0.1, 0.15) is 49.4 Å². The standard InChI is InChI=1S/C16H24N2O3S/c1-2-11-17-16(19)14-7-9-15(10-8-14)22(20,21)18-12-5-3-4-6-13-18/h7-10H,2-6,11-13H2,1H3,(H,17,19). The van der Waals surface area contributed by atoms with Crippen molar-refractivity contribution in [3.8, 4) is 0 Å². The lowest BCUT2D eigenvalue weighted by Crippen LogP contribution is -2.32. The summed E-state index contributed by atoms with van der Waals surface area (Å²) in [5.41, 5.74) is 0.489. The molecule has 0 aliphatic carbocycles. The molecule has 1 aliphatic rings. The van der Waals surface area contributed by atoms with Gasteiger partial charge in [-0.25, -0.2) is 8.42 Å². The molecule has 0 spiro atoms. The Kier molecular flexibility index (Phi) is 5.97. The third-order valence-electron chi connectivity index (χ3n) is 3.85. The van der Waals surface area contributed by atoms with Gasteiger partial charge in [-0.2, -0.15) is 4.31 Å². The van der Waals surface area contributed by atoms with Crippen LogP contribution in [0, 0.1) is 0 Å². The van der Waals surface area contributed by atoms with Crippen molar-refractivity contribution in [1.82, 2.24) is 9.62 Å². The maximum atomic E-state index is 12.6. The van der Waals surface area contributed by atoms with E-state index in [9.17, 15) is 13.2 Å². The largest absolute Gasteiger partial charge is 0.352 e. The van der Waals surface area contributed by atoms with Crippen molar-refractivity contribution in [2.24, 2.45) is 0 Å². The Labute approximate surface area is 132 Å². The van der Waals surface area contributed by atoms with Crippen LogP contribution in [-0.2, 0) is 10.0 Å². The summed E-state index contributed by atoms with van der Waals surface area (Å²) in [4.78, 5) is 12.1. The average Bonchev–Trinajstić information content (AvgIpc) is 2.82. The lowest BCUT2D eigenvalue weighted by Gasteiger charge is -2.20. The summed E-state index contributed by atoms with van der Waals surface area (Å²) >= 11 is 0. The fourth-order valence-electron chi connectivity index (χ4n) is 2.55. The molecular weight excluding hydrogens is 300 g/mol. The number of hydrogen-bond acceptors (Lipinski definition) is 3. The molecule has 0 radical (unpaired) electrons. The van der Waals surface area contributed by atoms with Gasteiger partial charge in [0.25, 0.3) is 5.91 Å². The Morgan fingerprint density at radius 3 is 2.23 bits per heavy atom. The minimum absolute atomic E-state index is 0.166. The smallest absolute Gasteiger partial charge is 0.251 e. The SMILES string of the molecule is CCCNC(=O)c1ccc(S(=O)(=O)N2CCCCCC2)cc1. The van der Waals surface area contributed by atoms with E-state index in [-0.39, 0.29) is 10.8 Å². The van der Waals surface area contributed by atoms with Crippen molar-refractivity contribution < 1.29 is 13.2 Å². The molecule has 1 aromatic carbocycles. The first-order valence-electron chi connectivity index (χ1n) is 7.94. The molecule has 2 rings (SSSR count). The van der Waals surface area contributed by atoms with Crippen LogP contribution in [-0.4, -0.2) is 38.3 Å². The summed E-state index contributed by atoms with van der Waals surface area (Å²) in [6.07, 6.45) is 4.87. The predicted octanol–water partition coefficient (Wildman–Crippen LogP) is 2.39. The zero-order valence-corrected chi connectivity index (χ0v) is 13.9. The van der Waals surface area contributed by atoms with Crippen LogP contribution in [0.15, 0.2) is 29.2 Å². The van der Waals surface area contributed by atoms with Crippen LogP contribution in [0.2, 0.25) is 0 Å². The topological polar surface area (TPSA) is 66.5 Å². The van der Waals surface area contributed by atoms with Gasteiger partial charge >= 0.3 is 0 Å². The van der Waals surface area contributed by atoms with Gasteiger partial charge in [0, 0.05) is 25.2 Å². The number of nitrogens with one attached hydrogen (secondary N) is 1. The second-order valence-corrected chi connectivity index (χ2v) is 7.54. The molecule has 0 aromatic heterocycles. The Morgan fingerprint density at radius 1 is 1.09 bits per heavy atom. The lowest BCUT2D eigenvalue weighted by atomic mass is 10.2. The molecule has 1 amide bonds. The van der Waals surface area contributed by atoms with E-state index in [0.29, 0.717) is 25.2 Å². The van der Waals surface area contributed by atoms with E-state index >= 15 is 0 Å². The number of benzene rings is 1. The zero-order valence-electron chi connectivity index (χ0n) is 13.0. The highest BCUT2D eigenvalue weighted by molar-refractivity contribution is 7.89. The third kappa shape index (κ3) is 4.08. The minimum atomic E-state index is -3.44. The Morgan fingerprint density at radius 2 is 1.68 bits per heavy atom. The van der Waals surface area contributed by atoms with Gasteiger partial charge in [-0.05, 0) is 43.5 Å². The molecule has 0 atom stereocenters. The summed E-state index contributed by atoms with van der Waals surface area (Å²) in [7, 11) is -3.44.